The molecule has 0 unspecified atom stereocenters. The maximum Gasteiger partial charge on any atom is 0.303 e. The van der Waals surface area contributed by atoms with Gasteiger partial charge in [-0.05, 0) is 40.5 Å². The molecule has 0 atom stereocenters. The van der Waals surface area contributed by atoms with E-state index >= 15 is 0 Å². The summed E-state index contributed by atoms with van der Waals surface area (Å²) in [4.78, 5) is 21.6. The summed E-state index contributed by atoms with van der Waals surface area (Å²) in [5, 5.41) is 10.9. The molecule has 0 saturated carbocycles. The summed E-state index contributed by atoms with van der Waals surface area (Å²) >= 11 is 3.00. The minimum atomic E-state index is -0.938. The highest BCUT2D eigenvalue weighted by Gasteiger charge is 2.06. The van der Waals surface area contributed by atoms with E-state index in [0.717, 1.165) is 0 Å². The first-order valence-corrected chi connectivity index (χ1v) is 5.75. The Morgan fingerprint density at radius 3 is 2.65 bits per heavy atom. The van der Waals surface area contributed by atoms with Gasteiger partial charge in [0.05, 0.1) is 4.47 Å². The van der Waals surface area contributed by atoms with Crippen molar-refractivity contribution in [2.75, 3.05) is 5.32 Å². The number of aliphatic carboxylic acids is 1. The van der Waals surface area contributed by atoms with Gasteiger partial charge in [-0.15, -0.1) is 0 Å². The van der Waals surface area contributed by atoms with E-state index in [2.05, 4.69) is 21.2 Å². The average Bonchev–Trinajstić information content (AvgIpc) is 2.23. The van der Waals surface area contributed by atoms with Crippen LogP contribution < -0.4 is 5.32 Å². The van der Waals surface area contributed by atoms with Crippen molar-refractivity contribution in [1.29, 1.82) is 0 Å². The number of halogens is 2. The molecule has 0 aliphatic carbocycles. The smallest absolute Gasteiger partial charge is 0.303 e. The first kappa shape index (κ1) is 13.6. The summed E-state index contributed by atoms with van der Waals surface area (Å²) in [6.45, 7) is 0. The third-order valence-corrected chi connectivity index (χ3v) is 2.64. The van der Waals surface area contributed by atoms with E-state index in [9.17, 15) is 14.0 Å². The van der Waals surface area contributed by atoms with Gasteiger partial charge in [0.1, 0.15) is 5.82 Å². The normalized spacial score (nSPS) is 10.0. The number of amides is 1. The summed E-state index contributed by atoms with van der Waals surface area (Å²) < 4.78 is 13.4. The number of carbonyl (C=O) groups excluding carboxylic acids is 1. The summed E-state index contributed by atoms with van der Waals surface area (Å²) in [6, 6.07) is 4.24. The molecule has 0 saturated heterocycles. The van der Waals surface area contributed by atoms with Crippen LogP contribution in [-0.2, 0) is 9.59 Å². The topological polar surface area (TPSA) is 66.4 Å². The van der Waals surface area contributed by atoms with Gasteiger partial charge >= 0.3 is 5.97 Å². The van der Waals surface area contributed by atoms with Gasteiger partial charge < -0.3 is 10.4 Å². The zero-order chi connectivity index (χ0) is 12.8. The van der Waals surface area contributed by atoms with Gasteiger partial charge in [0.15, 0.2) is 0 Å². The minimum absolute atomic E-state index is 0.0535. The number of nitrogens with one attached hydrogen (secondary N) is 1. The molecule has 6 heteroatoms. The van der Waals surface area contributed by atoms with Gasteiger partial charge in [-0.25, -0.2) is 4.39 Å². The second-order valence-corrected chi connectivity index (χ2v) is 4.28. The lowest BCUT2D eigenvalue weighted by Crippen LogP contribution is -2.12. The number of carboxylic acids is 1. The van der Waals surface area contributed by atoms with Crippen LogP contribution in [0.3, 0.4) is 0 Å². The molecule has 0 bridgehead atoms. The van der Waals surface area contributed by atoms with Crippen LogP contribution in [0.5, 0.6) is 0 Å². The maximum absolute atomic E-state index is 13.1. The molecule has 17 heavy (non-hydrogen) atoms. The molecule has 0 heterocycles. The Morgan fingerprint density at radius 1 is 1.35 bits per heavy atom. The Kier molecular flexibility index (Phi) is 5.09. The molecule has 1 aromatic carbocycles. The number of rotatable bonds is 5. The van der Waals surface area contributed by atoms with Crippen molar-refractivity contribution >= 4 is 33.5 Å². The van der Waals surface area contributed by atoms with Crippen LogP contribution in [0.15, 0.2) is 22.7 Å². The highest BCUT2D eigenvalue weighted by Crippen LogP contribution is 2.19. The van der Waals surface area contributed by atoms with Gasteiger partial charge in [-0.3, -0.25) is 9.59 Å². The van der Waals surface area contributed by atoms with E-state index in [1.807, 2.05) is 0 Å². The summed E-state index contributed by atoms with van der Waals surface area (Å²) in [5.41, 5.74) is 0.353. The fraction of sp³-hybridized carbons (Fsp3) is 0.273. The van der Waals surface area contributed by atoms with Crippen LogP contribution in [0.2, 0.25) is 0 Å². The van der Waals surface area contributed by atoms with Crippen LogP contribution in [0.4, 0.5) is 10.1 Å². The lowest BCUT2D eigenvalue weighted by Gasteiger charge is -2.05. The Labute approximate surface area is 106 Å². The number of anilines is 1. The van der Waals surface area contributed by atoms with Gasteiger partial charge in [0.2, 0.25) is 5.91 Å². The molecule has 0 spiro atoms. The molecular weight excluding hydrogens is 293 g/mol. The lowest BCUT2D eigenvalue weighted by molar-refractivity contribution is -0.137. The third kappa shape index (κ3) is 4.95. The summed E-state index contributed by atoms with van der Waals surface area (Å²) in [6.07, 6.45) is 0.312. The van der Waals surface area contributed by atoms with Crippen molar-refractivity contribution in [1.82, 2.24) is 0 Å². The van der Waals surface area contributed by atoms with Crippen molar-refractivity contribution in [3.63, 3.8) is 0 Å². The molecule has 92 valence electrons. The third-order valence-electron chi connectivity index (χ3n) is 2.00. The molecular formula is C11H11BrFNO3. The van der Waals surface area contributed by atoms with Crippen LogP contribution in [0.25, 0.3) is 0 Å². The quantitative estimate of drug-likeness (QED) is 0.879. The van der Waals surface area contributed by atoms with Crippen LogP contribution in [0.1, 0.15) is 19.3 Å². The predicted octanol–water partition coefficient (Wildman–Crippen LogP) is 2.78. The highest BCUT2D eigenvalue weighted by molar-refractivity contribution is 9.10. The van der Waals surface area contributed by atoms with Gasteiger partial charge in [0, 0.05) is 18.5 Å². The van der Waals surface area contributed by atoms with Crippen molar-refractivity contribution in [3.05, 3.63) is 28.5 Å². The Hall–Kier alpha value is -1.43. The molecule has 0 aromatic heterocycles. The first-order valence-electron chi connectivity index (χ1n) is 4.95. The fourth-order valence-electron chi connectivity index (χ4n) is 1.20. The number of carboxylic acid groups (broad SMARTS) is 1. The van der Waals surface area contributed by atoms with E-state index in [-0.39, 0.29) is 25.2 Å². The second-order valence-electron chi connectivity index (χ2n) is 3.42. The fourth-order valence-corrected chi connectivity index (χ4v) is 1.44. The monoisotopic (exact) mass is 303 g/mol. The largest absolute Gasteiger partial charge is 0.481 e. The van der Waals surface area contributed by atoms with E-state index in [1.165, 1.54) is 12.1 Å². The lowest BCUT2D eigenvalue weighted by atomic mass is 10.2. The maximum atomic E-state index is 13.1. The van der Waals surface area contributed by atoms with E-state index < -0.39 is 11.8 Å². The van der Waals surface area contributed by atoms with E-state index in [4.69, 9.17) is 5.11 Å². The molecule has 2 N–H and O–H groups in total. The van der Waals surface area contributed by atoms with Crippen molar-refractivity contribution in [2.45, 2.75) is 19.3 Å². The van der Waals surface area contributed by atoms with Crippen LogP contribution >= 0.6 is 15.9 Å². The molecule has 1 aromatic rings. The van der Waals surface area contributed by atoms with Crippen LogP contribution in [-0.4, -0.2) is 17.0 Å². The molecule has 4 nitrogen and oxygen atoms in total. The molecule has 1 amide bonds. The van der Waals surface area contributed by atoms with Crippen molar-refractivity contribution in [2.24, 2.45) is 0 Å². The number of hydrogen-bond donors (Lipinski definition) is 2. The number of benzene rings is 1. The van der Waals surface area contributed by atoms with Gasteiger partial charge in [-0.2, -0.15) is 0 Å². The molecule has 1 rings (SSSR count). The SMILES string of the molecule is O=C(O)CCCC(=O)Nc1ccc(Br)c(F)c1. The van der Waals surface area contributed by atoms with Gasteiger partial charge in [-0.1, -0.05) is 0 Å². The standard InChI is InChI=1S/C11H11BrFNO3/c12-8-5-4-7(6-9(8)13)14-10(15)2-1-3-11(16)17/h4-6H,1-3H2,(H,14,15)(H,16,17). The predicted molar refractivity (Wildman–Crippen MR) is 64.2 cm³/mol. The molecule has 0 radical (unpaired) electrons. The Morgan fingerprint density at radius 2 is 2.06 bits per heavy atom. The number of carbonyl (C=O) groups is 2. The molecule has 0 aliphatic heterocycles. The second kappa shape index (κ2) is 6.34. The van der Waals surface area contributed by atoms with Gasteiger partial charge in [0.25, 0.3) is 0 Å². The van der Waals surface area contributed by atoms with Crippen molar-refractivity contribution < 1.29 is 19.1 Å². The average molecular weight is 304 g/mol. The zero-order valence-corrected chi connectivity index (χ0v) is 10.5. The van der Waals surface area contributed by atoms with Crippen molar-refractivity contribution in [3.8, 4) is 0 Å². The number of hydrogen-bond acceptors (Lipinski definition) is 2. The molecule has 0 fully saturated rings. The zero-order valence-electron chi connectivity index (χ0n) is 8.87. The summed E-state index contributed by atoms with van der Waals surface area (Å²) in [5.74, 6) is -1.73. The van der Waals surface area contributed by atoms with E-state index in [0.29, 0.717) is 10.2 Å². The molecule has 0 aliphatic rings. The van der Waals surface area contributed by atoms with Crippen LogP contribution in [0, 0.1) is 5.82 Å². The van der Waals surface area contributed by atoms with E-state index in [1.54, 1.807) is 6.07 Å². The highest BCUT2D eigenvalue weighted by atomic mass is 79.9. The first-order chi connectivity index (χ1) is 7.99. The summed E-state index contributed by atoms with van der Waals surface area (Å²) in [7, 11) is 0. The Balaban J connectivity index is 2.45. The minimum Gasteiger partial charge on any atom is -0.481 e. The Bertz CT molecular complexity index is 437.